The minimum Gasteiger partial charge on any atom is -0.503 e. The summed E-state index contributed by atoms with van der Waals surface area (Å²) in [5.41, 5.74) is 3.90. The predicted molar refractivity (Wildman–Crippen MR) is 107 cm³/mol. The fraction of sp³-hybridized carbons (Fsp3) is 0.158. The molecule has 3 N–H and O–H groups in total. The first-order valence-corrected chi connectivity index (χ1v) is 8.99. The van der Waals surface area contributed by atoms with Gasteiger partial charge in [-0.2, -0.15) is 10.4 Å². The van der Waals surface area contributed by atoms with Gasteiger partial charge < -0.3 is 15.2 Å². The highest BCUT2D eigenvalue weighted by Crippen LogP contribution is 2.35. The van der Waals surface area contributed by atoms with Crippen LogP contribution in [0.5, 0.6) is 11.5 Å². The van der Waals surface area contributed by atoms with Crippen molar-refractivity contribution in [2.75, 3.05) is 11.9 Å². The van der Waals surface area contributed by atoms with Gasteiger partial charge in [0.15, 0.2) is 11.5 Å². The third kappa shape index (κ3) is 5.82. The minimum absolute atomic E-state index is 0.0387. The summed E-state index contributed by atoms with van der Waals surface area (Å²) in [6.07, 6.45) is 1.58. The van der Waals surface area contributed by atoms with Gasteiger partial charge in [0.05, 0.1) is 29.8 Å². The van der Waals surface area contributed by atoms with Crippen molar-refractivity contribution < 1.29 is 19.4 Å². The van der Waals surface area contributed by atoms with E-state index < -0.39 is 11.8 Å². The standard InChI is InChI=1S/C19H17BrN4O4/c1-2-28-16-10-13(9-15(20)17(16)25)11-22-24-19(27)18(26)23-14-5-3-12(4-6-14)7-8-21/h3-6,9-11,25H,2,7H2,1H3,(H,23,26)(H,24,27). The van der Waals surface area contributed by atoms with Gasteiger partial charge in [-0.25, -0.2) is 5.43 Å². The number of nitrogens with one attached hydrogen (secondary N) is 2. The molecule has 28 heavy (non-hydrogen) atoms. The van der Waals surface area contributed by atoms with E-state index in [-0.39, 0.29) is 17.9 Å². The van der Waals surface area contributed by atoms with E-state index in [1.54, 1.807) is 43.3 Å². The summed E-state index contributed by atoms with van der Waals surface area (Å²) in [7, 11) is 0. The number of hydrazone groups is 1. The van der Waals surface area contributed by atoms with Crippen LogP contribution in [0, 0.1) is 11.3 Å². The van der Waals surface area contributed by atoms with Crippen molar-refractivity contribution in [3.8, 4) is 17.6 Å². The highest BCUT2D eigenvalue weighted by atomic mass is 79.9. The molecule has 0 atom stereocenters. The average Bonchev–Trinajstić information content (AvgIpc) is 2.67. The van der Waals surface area contributed by atoms with Crippen LogP contribution >= 0.6 is 15.9 Å². The SMILES string of the molecule is CCOc1cc(C=NNC(=O)C(=O)Nc2ccc(CC#N)cc2)cc(Br)c1O. The molecule has 2 aromatic rings. The molecule has 2 aromatic carbocycles. The van der Waals surface area contributed by atoms with E-state index in [0.29, 0.717) is 22.3 Å². The molecule has 2 amide bonds. The number of halogens is 1. The Bertz CT molecular complexity index is 936. The van der Waals surface area contributed by atoms with Crippen molar-refractivity contribution in [1.82, 2.24) is 5.43 Å². The maximum absolute atomic E-state index is 11.9. The molecule has 0 radical (unpaired) electrons. The second-order valence-corrected chi connectivity index (χ2v) is 6.32. The highest BCUT2D eigenvalue weighted by molar-refractivity contribution is 9.10. The van der Waals surface area contributed by atoms with Crippen LogP contribution in [-0.2, 0) is 16.0 Å². The van der Waals surface area contributed by atoms with Crippen molar-refractivity contribution in [3.05, 3.63) is 52.0 Å². The molecule has 0 bridgehead atoms. The van der Waals surface area contributed by atoms with Gasteiger partial charge in [0.1, 0.15) is 0 Å². The molecule has 0 aliphatic rings. The van der Waals surface area contributed by atoms with Crippen LogP contribution in [0.4, 0.5) is 5.69 Å². The normalized spacial score (nSPS) is 10.3. The predicted octanol–water partition coefficient (Wildman–Crippen LogP) is 2.71. The zero-order chi connectivity index (χ0) is 20.5. The van der Waals surface area contributed by atoms with E-state index >= 15 is 0 Å². The summed E-state index contributed by atoms with van der Waals surface area (Å²) >= 11 is 3.20. The number of hydrogen-bond acceptors (Lipinski definition) is 6. The largest absolute Gasteiger partial charge is 0.503 e. The second kappa shape index (κ2) is 10.1. The lowest BCUT2D eigenvalue weighted by molar-refractivity contribution is -0.136. The molecule has 144 valence electrons. The number of anilines is 1. The third-order valence-electron chi connectivity index (χ3n) is 3.43. The van der Waals surface area contributed by atoms with Crippen molar-refractivity contribution in [3.63, 3.8) is 0 Å². The molecule has 0 unspecified atom stereocenters. The zero-order valence-corrected chi connectivity index (χ0v) is 16.5. The maximum atomic E-state index is 11.9. The van der Waals surface area contributed by atoms with E-state index in [1.807, 2.05) is 6.07 Å². The first-order chi connectivity index (χ1) is 13.4. The molecule has 8 nitrogen and oxygen atoms in total. The second-order valence-electron chi connectivity index (χ2n) is 5.47. The van der Waals surface area contributed by atoms with Crippen molar-refractivity contribution >= 4 is 39.6 Å². The summed E-state index contributed by atoms with van der Waals surface area (Å²) < 4.78 is 5.71. The number of phenols is 1. The highest BCUT2D eigenvalue weighted by Gasteiger charge is 2.13. The lowest BCUT2D eigenvalue weighted by Crippen LogP contribution is -2.32. The lowest BCUT2D eigenvalue weighted by atomic mass is 10.1. The van der Waals surface area contributed by atoms with E-state index in [4.69, 9.17) is 10.00 Å². The molecule has 0 saturated carbocycles. The van der Waals surface area contributed by atoms with E-state index in [0.717, 1.165) is 5.56 Å². The number of amides is 2. The Hall–Kier alpha value is -3.38. The van der Waals surface area contributed by atoms with Crippen LogP contribution in [-0.4, -0.2) is 29.7 Å². The van der Waals surface area contributed by atoms with Crippen molar-refractivity contribution in [2.45, 2.75) is 13.3 Å². The van der Waals surface area contributed by atoms with Crippen LogP contribution in [0.15, 0.2) is 46.0 Å². The topological polar surface area (TPSA) is 124 Å². The maximum Gasteiger partial charge on any atom is 0.329 e. The fourth-order valence-corrected chi connectivity index (χ4v) is 2.59. The Balaban J connectivity index is 1.95. The number of rotatable bonds is 6. The quantitative estimate of drug-likeness (QED) is 0.358. The van der Waals surface area contributed by atoms with Gasteiger partial charge in [-0.3, -0.25) is 9.59 Å². The number of ether oxygens (including phenoxy) is 1. The number of carbonyl (C=O) groups excluding carboxylic acids is 2. The van der Waals surface area contributed by atoms with Gasteiger partial charge in [-0.1, -0.05) is 12.1 Å². The smallest absolute Gasteiger partial charge is 0.329 e. The number of phenolic OH excluding ortho intramolecular Hbond substituents is 1. The number of nitriles is 1. The fourth-order valence-electron chi connectivity index (χ4n) is 2.14. The van der Waals surface area contributed by atoms with Crippen molar-refractivity contribution in [1.29, 1.82) is 5.26 Å². The summed E-state index contributed by atoms with van der Waals surface area (Å²) in [5.74, 6) is -1.60. The summed E-state index contributed by atoms with van der Waals surface area (Å²) in [6, 6.07) is 11.7. The van der Waals surface area contributed by atoms with Crippen LogP contribution in [0.25, 0.3) is 0 Å². The molecule has 9 heteroatoms. The van der Waals surface area contributed by atoms with Gasteiger partial charge >= 0.3 is 11.8 Å². The lowest BCUT2D eigenvalue weighted by Gasteiger charge is -2.08. The molecular formula is C19H17BrN4O4. The Labute approximate surface area is 169 Å². The molecule has 0 saturated heterocycles. The summed E-state index contributed by atoms with van der Waals surface area (Å²) in [5, 5.41) is 24.7. The van der Waals surface area contributed by atoms with Crippen LogP contribution in [0.1, 0.15) is 18.1 Å². The first kappa shape index (κ1) is 20.9. The first-order valence-electron chi connectivity index (χ1n) is 8.20. The number of aromatic hydroxyl groups is 1. The molecule has 0 aliphatic carbocycles. The van der Waals surface area contributed by atoms with E-state index in [1.165, 1.54) is 6.21 Å². The Morgan fingerprint density at radius 2 is 2.00 bits per heavy atom. The summed E-state index contributed by atoms with van der Waals surface area (Å²) in [6.45, 7) is 2.15. The van der Waals surface area contributed by atoms with Crippen LogP contribution in [0.2, 0.25) is 0 Å². The van der Waals surface area contributed by atoms with Gasteiger partial charge in [-0.05, 0) is 58.2 Å². The molecule has 0 fully saturated rings. The third-order valence-corrected chi connectivity index (χ3v) is 4.04. The van der Waals surface area contributed by atoms with Gasteiger partial charge in [0.2, 0.25) is 0 Å². The van der Waals surface area contributed by atoms with Crippen LogP contribution in [0.3, 0.4) is 0 Å². The molecule has 2 rings (SSSR count). The number of nitrogens with zero attached hydrogens (tertiary/aromatic N) is 2. The molecular weight excluding hydrogens is 428 g/mol. The van der Waals surface area contributed by atoms with Crippen molar-refractivity contribution in [2.24, 2.45) is 5.10 Å². The molecule has 0 aliphatic heterocycles. The number of carbonyl (C=O) groups is 2. The minimum atomic E-state index is -0.944. The van der Waals surface area contributed by atoms with Gasteiger partial charge in [0.25, 0.3) is 0 Å². The monoisotopic (exact) mass is 444 g/mol. The Morgan fingerprint density at radius 1 is 1.29 bits per heavy atom. The van der Waals surface area contributed by atoms with Gasteiger partial charge in [0, 0.05) is 5.69 Å². The van der Waals surface area contributed by atoms with Crippen LogP contribution < -0.4 is 15.5 Å². The van der Waals surface area contributed by atoms with E-state index in [9.17, 15) is 14.7 Å². The summed E-state index contributed by atoms with van der Waals surface area (Å²) in [4.78, 5) is 23.7. The number of hydrogen-bond donors (Lipinski definition) is 3. The van der Waals surface area contributed by atoms with E-state index in [2.05, 4.69) is 31.8 Å². The average molecular weight is 445 g/mol. The Kier molecular flexibility index (Phi) is 7.54. The Morgan fingerprint density at radius 3 is 2.64 bits per heavy atom. The van der Waals surface area contributed by atoms with Gasteiger partial charge in [-0.15, -0.1) is 0 Å². The molecule has 0 aromatic heterocycles. The zero-order valence-electron chi connectivity index (χ0n) is 14.9. The molecule has 0 spiro atoms. The molecule has 0 heterocycles. The number of benzene rings is 2.